The highest BCUT2D eigenvalue weighted by Gasteiger charge is 1.96. The van der Waals surface area contributed by atoms with Crippen LogP contribution in [0.4, 0.5) is 0 Å². The standard InChI is InChI=1S/C7H11Cl2Si/c1-2-3-4-5-6-7-10(8)9/h3-6H,2,7H2,1H3. The molecular weight excluding hydrogens is 183 g/mol. The minimum atomic E-state index is -1.10. The van der Waals surface area contributed by atoms with E-state index in [0.29, 0.717) is 0 Å². The highest BCUT2D eigenvalue weighted by atomic mass is 35.7. The van der Waals surface area contributed by atoms with Crippen molar-refractivity contribution >= 4 is 29.6 Å². The van der Waals surface area contributed by atoms with E-state index in [1.807, 2.05) is 18.2 Å². The van der Waals surface area contributed by atoms with E-state index in [0.717, 1.165) is 12.5 Å². The molecular formula is C7H11Cl2Si. The lowest BCUT2D eigenvalue weighted by molar-refractivity contribution is 1.22. The first-order valence-corrected chi connectivity index (χ1v) is 6.99. The van der Waals surface area contributed by atoms with Crippen LogP contribution in [0.2, 0.25) is 6.04 Å². The van der Waals surface area contributed by atoms with Gasteiger partial charge in [0.1, 0.15) is 0 Å². The van der Waals surface area contributed by atoms with Gasteiger partial charge in [-0.3, -0.25) is 0 Å². The van der Waals surface area contributed by atoms with Crippen LogP contribution >= 0.6 is 22.2 Å². The van der Waals surface area contributed by atoms with Gasteiger partial charge in [0.25, 0.3) is 7.42 Å². The number of rotatable bonds is 4. The molecule has 0 saturated heterocycles. The number of hydrogen-bond acceptors (Lipinski definition) is 0. The second-order valence-corrected chi connectivity index (χ2v) is 6.21. The number of hydrogen-bond donors (Lipinski definition) is 0. The van der Waals surface area contributed by atoms with Gasteiger partial charge in [-0.05, 0) is 12.5 Å². The first-order valence-electron chi connectivity index (χ1n) is 3.26. The lowest BCUT2D eigenvalue weighted by atomic mass is 10.4. The Morgan fingerprint density at radius 3 is 2.30 bits per heavy atom. The summed E-state index contributed by atoms with van der Waals surface area (Å²) in [4.78, 5) is 0. The first-order chi connectivity index (χ1) is 4.77. The van der Waals surface area contributed by atoms with E-state index in [1.54, 1.807) is 0 Å². The predicted molar refractivity (Wildman–Crippen MR) is 50.8 cm³/mol. The molecule has 0 aromatic rings. The Balaban J connectivity index is 3.28. The Hall–Kier alpha value is 0.277. The summed E-state index contributed by atoms with van der Waals surface area (Å²) in [6.07, 6.45) is 9.16. The molecule has 0 unspecified atom stereocenters. The van der Waals surface area contributed by atoms with Crippen LogP contribution in [0.3, 0.4) is 0 Å². The monoisotopic (exact) mass is 193 g/mol. The molecule has 0 fully saturated rings. The van der Waals surface area contributed by atoms with Crippen molar-refractivity contribution in [1.29, 1.82) is 0 Å². The van der Waals surface area contributed by atoms with Crippen molar-refractivity contribution in [2.75, 3.05) is 0 Å². The maximum absolute atomic E-state index is 5.58. The van der Waals surface area contributed by atoms with Crippen molar-refractivity contribution in [3.05, 3.63) is 24.3 Å². The van der Waals surface area contributed by atoms with E-state index in [9.17, 15) is 0 Å². The van der Waals surface area contributed by atoms with Gasteiger partial charge in [0.2, 0.25) is 0 Å². The summed E-state index contributed by atoms with van der Waals surface area (Å²) in [7, 11) is -1.10. The van der Waals surface area contributed by atoms with Gasteiger partial charge in [0.15, 0.2) is 0 Å². The van der Waals surface area contributed by atoms with Crippen molar-refractivity contribution in [2.24, 2.45) is 0 Å². The van der Waals surface area contributed by atoms with Crippen molar-refractivity contribution in [3.63, 3.8) is 0 Å². The zero-order valence-corrected chi connectivity index (χ0v) is 8.49. The van der Waals surface area contributed by atoms with E-state index in [-0.39, 0.29) is 0 Å². The molecule has 10 heavy (non-hydrogen) atoms. The molecule has 0 atom stereocenters. The van der Waals surface area contributed by atoms with Crippen molar-refractivity contribution in [3.8, 4) is 0 Å². The van der Waals surface area contributed by atoms with Gasteiger partial charge in [-0.1, -0.05) is 31.2 Å². The third kappa shape index (κ3) is 8.28. The number of halogens is 2. The van der Waals surface area contributed by atoms with Crippen molar-refractivity contribution in [1.82, 2.24) is 0 Å². The Morgan fingerprint density at radius 1 is 1.20 bits per heavy atom. The fourth-order valence-corrected chi connectivity index (χ4v) is 1.30. The zero-order valence-electron chi connectivity index (χ0n) is 5.98. The fourth-order valence-electron chi connectivity index (χ4n) is 0.450. The maximum Gasteiger partial charge on any atom is 0.277 e. The Bertz CT molecular complexity index is 119. The molecule has 0 rings (SSSR count). The van der Waals surface area contributed by atoms with Crippen LogP contribution in [0, 0.1) is 0 Å². The summed E-state index contributed by atoms with van der Waals surface area (Å²) in [5.41, 5.74) is 0. The van der Waals surface area contributed by atoms with Crippen LogP contribution < -0.4 is 0 Å². The molecule has 0 aliphatic rings. The minimum Gasteiger partial charge on any atom is -0.146 e. The average molecular weight is 194 g/mol. The Kier molecular flexibility index (Phi) is 7.59. The Morgan fingerprint density at radius 2 is 1.80 bits per heavy atom. The maximum atomic E-state index is 5.58. The van der Waals surface area contributed by atoms with Crippen LogP contribution in [0.1, 0.15) is 13.3 Å². The molecule has 0 aromatic carbocycles. The second kappa shape index (κ2) is 7.38. The van der Waals surface area contributed by atoms with E-state index in [2.05, 4.69) is 13.0 Å². The minimum absolute atomic E-state index is 0.821. The molecule has 0 bridgehead atoms. The third-order valence-electron chi connectivity index (χ3n) is 0.891. The quantitative estimate of drug-likeness (QED) is 0.365. The summed E-state index contributed by atoms with van der Waals surface area (Å²) < 4.78 is 0. The van der Waals surface area contributed by atoms with Gasteiger partial charge in [-0.25, -0.2) is 0 Å². The SMILES string of the molecule is CCC=CC=CC[Si](Cl)Cl. The van der Waals surface area contributed by atoms with E-state index in [4.69, 9.17) is 22.2 Å². The van der Waals surface area contributed by atoms with Gasteiger partial charge in [-0.2, -0.15) is 0 Å². The third-order valence-corrected chi connectivity index (χ3v) is 2.36. The van der Waals surface area contributed by atoms with E-state index < -0.39 is 7.42 Å². The van der Waals surface area contributed by atoms with Gasteiger partial charge >= 0.3 is 0 Å². The average Bonchev–Trinajstić information content (AvgIpc) is 1.87. The molecule has 1 radical (unpaired) electrons. The van der Waals surface area contributed by atoms with Crippen LogP contribution in [0.25, 0.3) is 0 Å². The molecule has 0 heterocycles. The summed E-state index contributed by atoms with van der Waals surface area (Å²) in [5, 5.41) is 0. The summed E-state index contributed by atoms with van der Waals surface area (Å²) >= 11 is 11.2. The topological polar surface area (TPSA) is 0 Å². The van der Waals surface area contributed by atoms with Crippen LogP contribution in [0.15, 0.2) is 24.3 Å². The lowest BCUT2D eigenvalue weighted by Crippen LogP contribution is -1.85. The molecule has 0 aliphatic heterocycles. The number of allylic oxidation sites excluding steroid dienone is 4. The van der Waals surface area contributed by atoms with Gasteiger partial charge in [-0.15, -0.1) is 22.2 Å². The molecule has 0 spiro atoms. The molecule has 0 aliphatic carbocycles. The summed E-state index contributed by atoms with van der Waals surface area (Å²) in [6.45, 7) is 2.10. The molecule has 0 amide bonds. The fraction of sp³-hybridized carbons (Fsp3) is 0.429. The molecule has 3 heteroatoms. The van der Waals surface area contributed by atoms with Gasteiger partial charge in [0.05, 0.1) is 0 Å². The van der Waals surface area contributed by atoms with E-state index >= 15 is 0 Å². The van der Waals surface area contributed by atoms with Gasteiger partial charge < -0.3 is 0 Å². The smallest absolute Gasteiger partial charge is 0.146 e. The van der Waals surface area contributed by atoms with Crippen molar-refractivity contribution < 1.29 is 0 Å². The highest BCUT2D eigenvalue weighted by molar-refractivity contribution is 7.33. The zero-order chi connectivity index (χ0) is 7.82. The second-order valence-electron chi connectivity index (χ2n) is 1.81. The molecule has 0 N–H and O–H groups in total. The molecule has 0 nitrogen and oxygen atoms in total. The van der Waals surface area contributed by atoms with Crippen LogP contribution in [-0.2, 0) is 0 Å². The van der Waals surface area contributed by atoms with E-state index in [1.165, 1.54) is 0 Å². The van der Waals surface area contributed by atoms with Crippen LogP contribution in [-0.4, -0.2) is 7.42 Å². The van der Waals surface area contributed by atoms with Crippen LogP contribution in [0.5, 0.6) is 0 Å². The first kappa shape index (κ1) is 10.3. The Labute approximate surface area is 73.5 Å². The largest absolute Gasteiger partial charge is 0.277 e. The molecule has 0 aromatic heterocycles. The predicted octanol–water partition coefficient (Wildman–Crippen LogP) is 3.47. The summed E-state index contributed by atoms with van der Waals surface area (Å²) in [5.74, 6) is 0. The van der Waals surface area contributed by atoms with Gasteiger partial charge in [0, 0.05) is 0 Å². The lowest BCUT2D eigenvalue weighted by Gasteiger charge is -1.85. The molecule has 0 saturated carbocycles. The normalized spacial score (nSPS) is 12.4. The van der Waals surface area contributed by atoms with Crippen molar-refractivity contribution in [2.45, 2.75) is 19.4 Å². The highest BCUT2D eigenvalue weighted by Crippen LogP contribution is 2.03. The summed E-state index contributed by atoms with van der Waals surface area (Å²) in [6, 6.07) is 0.821. The molecule has 57 valence electrons.